The summed E-state index contributed by atoms with van der Waals surface area (Å²) in [6, 6.07) is 4.91. The molecular formula is C13H19BrN2O2S. The largest absolute Gasteiger partial charge is 0.398 e. The fraction of sp³-hybridized carbons (Fsp3) is 0.538. The van der Waals surface area contributed by atoms with Gasteiger partial charge in [0.25, 0.3) is 0 Å². The van der Waals surface area contributed by atoms with E-state index < -0.39 is 10.0 Å². The summed E-state index contributed by atoms with van der Waals surface area (Å²) in [6.45, 7) is 3.34. The van der Waals surface area contributed by atoms with E-state index in [-0.39, 0.29) is 4.90 Å². The Bertz CT molecular complexity index is 552. The van der Waals surface area contributed by atoms with Crippen molar-refractivity contribution < 1.29 is 8.42 Å². The molecule has 0 aromatic heterocycles. The lowest BCUT2D eigenvalue weighted by Gasteiger charge is -2.31. The first kappa shape index (κ1) is 14.8. The highest BCUT2D eigenvalue weighted by Crippen LogP contribution is 2.29. The number of piperidine rings is 1. The summed E-state index contributed by atoms with van der Waals surface area (Å²) in [7, 11) is -3.45. The topological polar surface area (TPSA) is 63.4 Å². The van der Waals surface area contributed by atoms with Gasteiger partial charge in [-0.1, -0.05) is 29.3 Å². The number of benzene rings is 1. The van der Waals surface area contributed by atoms with Gasteiger partial charge in [0.2, 0.25) is 10.0 Å². The summed E-state index contributed by atoms with van der Waals surface area (Å²) >= 11 is 3.29. The molecule has 1 aliphatic heterocycles. The van der Waals surface area contributed by atoms with Gasteiger partial charge in [-0.05, 0) is 37.0 Å². The van der Waals surface area contributed by atoms with E-state index in [1.165, 1.54) is 0 Å². The van der Waals surface area contributed by atoms with Crippen LogP contribution in [-0.2, 0) is 10.0 Å². The lowest BCUT2D eigenvalue weighted by atomic mass is 9.96. The molecule has 0 atom stereocenters. The van der Waals surface area contributed by atoms with Crippen LogP contribution in [0.4, 0.5) is 5.69 Å². The van der Waals surface area contributed by atoms with Gasteiger partial charge >= 0.3 is 0 Å². The van der Waals surface area contributed by atoms with Crippen molar-refractivity contribution in [3.05, 3.63) is 22.7 Å². The van der Waals surface area contributed by atoms with Crippen molar-refractivity contribution in [3.63, 3.8) is 0 Å². The first-order valence-electron chi connectivity index (χ1n) is 6.50. The molecule has 1 saturated heterocycles. The highest BCUT2D eigenvalue weighted by atomic mass is 79.9. The molecule has 0 radical (unpaired) electrons. The highest BCUT2D eigenvalue weighted by Gasteiger charge is 2.30. The maximum Gasteiger partial charge on any atom is 0.245 e. The summed E-state index contributed by atoms with van der Waals surface area (Å²) in [6.07, 6.45) is 2.99. The second kappa shape index (κ2) is 5.81. The third-order valence-corrected chi connectivity index (χ3v) is 6.21. The van der Waals surface area contributed by atoms with E-state index in [4.69, 9.17) is 5.73 Å². The fourth-order valence-corrected chi connectivity index (χ4v) is 4.40. The van der Waals surface area contributed by atoms with Crippen molar-refractivity contribution in [2.24, 2.45) is 5.92 Å². The first-order valence-corrected chi connectivity index (χ1v) is 8.73. The van der Waals surface area contributed by atoms with Crippen LogP contribution in [0.15, 0.2) is 27.6 Å². The van der Waals surface area contributed by atoms with Gasteiger partial charge in [-0.25, -0.2) is 8.42 Å². The minimum Gasteiger partial charge on any atom is -0.398 e. The summed E-state index contributed by atoms with van der Waals surface area (Å²) in [4.78, 5) is 0.214. The zero-order valence-corrected chi connectivity index (χ0v) is 13.4. The van der Waals surface area contributed by atoms with Gasteiger partial charge in [-0.15, -0.1) is 0 Å². The Morgan fingerprint density at radius 1 is 1.37 bits per heavy atom. The lowest BCUT2D eigenvalue weighted by molar-refractivity contribution is 0.269. The van der Waals surface area contributed by atoms with Crippen LogP contribution in [0.5, 0.6) is 0 Å². The number of nitrogens with zero attached hydrogens (tertiary/aromatic N) is 1. The summed E-state index contributed by atoms with van der Waals surface area (Å²) in [5.41, 5.74) is 6.13. The normalized spacial score (nSPS) is 18.6. The number of hydrogen-bond donors (Lipinski definition) is 1. The maximum absolute atomic E-state index is 12.5. The minimum absolute atomic E-state index is 0.214. The molecule has 0 bridgehead atoms. The Kier molecular flexibility index (Phi) is 4.53. The fourth-order valence-electron chi connectivity index (χ4n) is 2.45. The number of sulfonamides is 1. The second-order valence-electron chi connectivity index (χ2n) is 4.94. The van der Waals surface area contributed by atoms with Crippen LogP contribution < -0.4 is 5.73 Å². The maximum atomic E-state index is 12.5. The third-order valence-electron chi connectivity index (χ3n) is 3.74. The SMILES string of the molecule is CCC1CCN(S(=O)(=O)c2ccc(Br)cc2N)CC1. The van der Waals surface area contributed by atoms with Gasteiger partial charge in [0.05, 0.1) is 5.69 Å². The van der Waals surface area contributed by atoms with Gasteiger partial charge in [-0.2, -0.15) is 4.31 Å². The molecule has 0 amide bonds. The van der Waals surface area contributed by atoms with Crippen molar-refractivity contribution >= 4 is 31.6 Å². The first-order chi connectivity index (χ1) is 8.95. The predicted molar refractivity (Wildman–Crippen MR) is 80.3 cm³/mol. The number of anilines is 1. The Labute approximate surface area is 123 Å². The molecule has 0 saturated carbocycles. The molecule has 1 fully saturated rings. The van der Waals surface area contributed by atoms with E-state index in [1.54, 1.807) is 22.5 Å². The predicted octanol–water partition coefficient (Wildman–Crippen LogP) is 2.84. The molecule has 106 valence electrons. The van der Waals surface area contributed by atoms with Gasteiger partial charge in [0.1, 0.15) is 4.90 Å². The molecule has 6 heteroatoms. The molecule has 1 heterocycles. The monoisotopic (exact) mass is 346 g/mol. The van der Waals surface area contributed by atoms with Crippen LogP contribution in [0.1, 0.15) is 26.2 Å². The minimum atomic E-state index is -3.45. The molecule has 0 aliphatic carbocycles. The van der Waals surface area contributed by atoms with Crippen LogP contribution in [0.2, 0.25) is 0 Å². The summed E-state index contributed by atoms with van der Waals surface area (Å²) in [5, 5.41) is 0. The number of nitrogens with two attached hydrogens (primary N) is 1. The Morgan fingerprint density at radius 3 is 2.53 bits per heavy atom. The van der Waals surface area contributed by atoms with Crippen molar-refractivity contribution in [3.8, 4) is 0 Å². The smallest absolute Gasteiger partial charge is 0.245 e. The third kappa shape index (κ3) is 3.12. The Morgan fingerprint density at radius 2 is 2.00 bits per heavy atom. The lowest BCUT2D eigenvalue weighted by Crippen LogP contribution is -2.38. The second-order valence-corrected chi connectivity index (χ2v) is 7.76. The quantitative estimate of drug-likeness (QED) is 0.856. The summed E-state index contributed by atoms with van der Waals surface area (Å²) < 4.78 is 27.4. The van der Waals surface area contributed by atoms with E-state index in [0.29, 0.717) is 24.7 Å². The van der Waals surface area contributed by atoms with E-state index in [0.717, 1.165) is 23.7 Å². The van der Waals surface area contributed by atoms with Crippen molar-refractivity contribution in [2.75, 3.05) is 18.8 Å². The van der Waals surface area contributed by atoms with Crippen molar-refractivity contribution in [1.29, 1.82) is 0 Å². The Hall–Kier alpha value is -0.590. The van der Waals surface area contributed by atoms with E-state index in [2.05, 4.69) is 22.9 Å². The molecule has 1 aromatic carbocycles. The van der Waals surface area contributed by atoms with Gasteiger partial charge in [0.15, 0.2) is 0 Å². The summed E-state index contributed by atoms with van der Waals surface area (Å²) in [5.74, 6) is 0.647. The molecule has 4 nitrogen and oxygen atoms in total. The van der Waals surface area contributed by atoms with Crippen LogP contribution in [0.25, 0.3) is 0 Å². The number of nitrogen functional groups attached to an aromatic ring is 1. The number of rotatable bonds is 3. The van der Waals surface area contributed by atoms with E-state index in [9.17, 15) is 8.42 Å². The average Bonchev–Trinajstić information content (AvgIpc) is 2.38. The molecule has 2 rings (SSSR count). The average molecular weight is 347 g/mol. The van der Waals surface area contributed by atoms with E-state index in [1.807, 2.05) is 0 Å². The zero-order valence-electron chi connectivity index (χ0n) is 11.0. The molecule has 1 aromatic rings. The van der Waals surface area contributed by atoms with Crippen LogP contribution in [0, 0.1) is 5.92 Å². The van der Waals surface area contributed by atoms with Crippen LogP contribution in [-0.4, -0.2) is 25.8 Å². The van der Waals surface area contributed by atoms with Crippen LogP contribution >= 0.6 is 15.9 Å². The zero-order chi connectivity index (χ0) is 14.0. The standard InChI is InChI=1S/C13H19BrN2O2S/c1-2-10-5-7-16(8-6-10)19(17,18)13-4-3-11(14)9-12(13)15/h3-4,9-10H,2,5-8,15H2,1H3. The van der Waals surface area contributed by atoms with Crippen molar-refractivity contribution in [2.45, 2.75) is 31.1 Å². The molecule has 2 N–H and O–H groups in total. The highest BCUT2D eigenvalue weighted by molar-refractivity contribution is 9.10. The molecule has 0 unspecified atom stereocenters. The van der Waals surface area contributed by atoms with Crippen LogP contribution in [0.3, 0.4) is 0 Å². The van der Waals surface area contributed by atoms with Gasteiger partial charge in [-0.3, -0.25) is 0 Å². The molecule has 19 heavy (non-hydrogen) atoms. The molecule has 0 spiro atoms. The molecular weight excluding hydrogens is 328 g/mol. The van der Waals surface area contributed by atoms with Crippen molar-refractivity contribution in [1.82, 2.24) is 4.31 Å². The van der Waals surface area contributed by atoms with Gasteiger partial charge < -0.3 is 5.73 Å². The number of hydrogen-bond acceptors (Lipinski definition) is 3. The van der Waals surface area contributed by atoms with Gasteiger partial charge in [0, 0.05) is 17.6 Å². The Balaban J connectivity index is 2.23. The van der Waals surface area contributed by atoms with E-state index >= 15 is 0 Å². The molecule has 1 aliphatic rings. The number of halogens is 1.